The molecule has 2 atom stereocenters. The van der Waals surface area contributed by atoms with E-state index in [-0.39, 0.29) is 23.7 Å². The van der Waals surface area contributed by atoms with Crippen molar-refractivity contribution in [3.8, 4) is 0 Å². The van der Waals surface area contributed by atoms with Crippen LogP contribution in [0.2, 0.25) is 0 Å². The summed E-state index contributed by atoms with van der Waals surface area (Å²) in [5.74, 6) is 0.774. The SMILES string of the molecule is [N-]=[N+]=NCC1CC(=O)N(CC2CC(=O)N(C3CC3)C2)C1. The van der Waals surface area contributed by atoms with Crippen molar-refractivity contribution in [1.29, 1.82) is 0 Å². The van der Waals surface area contributed by atoms with Gasteiger partial charge in [0.05, 0.1) is 0 Å². The molecule has 3 aliphatic rings. The Kier molecular flexibility index (Phi) is 3.53. The van der Waals surface area contributed by atoms with Crippen LogP contribution in [0.25, 0.3) is 10.4 Å². The lowest BCUT2D eigenvalue weighted by Gasteiger charge is -2.21. The molecule has 2 aliphatic heterocycles. The Morgan fingerprint density at radius 1 is 1.15 bits per heavy atom. The van der Waals surface area contributed by atoms with Gasteiger partial charge in [-0.1, -0.05) is 5.11 Å². The fraction of sp³-hybridized carbons (Fsp3) is 0.846. The molecule has 3 fully saturated rings. The van der Waals surface area contributed by atoms with E-state index in [9.17, 15) is 9.59 Å². The second-order valence-electron chi connectivity index (χ2n) is 6.13. The summed E-state index contributed by atoms with van der Waals surface area (Å²) in [6.45, 7) is 2.51. The molecule has 7 heteroatoms. The van der Waals surface area contributed by atoms with E-state index >= 15 is 0 Å². The molecule has 0 radical (unpaired) electrons. The highest BCUT2D eigenvalue weighted by Crippen LogP contribution is 2.33. The Bertz CT molecular complexity index is 469. The Morgan fingerprint density at radius 2 is 1.90 bits per heavy atom. The van der Waals surface area contributed by atoms with Crippen LogP contribution in [0.4, 0.5) is 0 Å². The van der Waals surface area contributed by atoms with Gasteiger partial charge >= 0.3 is 0 Å². The molecule has 7 nitrogen and oxygen atoms in total. The topological polar surface area (TPSA) is 89.4 Å². The normalized spacial score (nSPS) is 30.0. The molecule has 2 saturated heterocycles. The van der Waals surface area contributed by atoms with Gasteiger partial charge < -0.3 is 9.80 Å². The van der Waals surface area contributed by atoms with Gasteiger partial charge in [-0.3, -0.25) is 9.59 Å². The number of rotatable bonds is 5. The first-order chi connectivity index (χ1) is 9.67. The summed E-state index contributed by atoms with van der Waals surface area (Å²) in [6.07, 6.45) is 3.30. The zero-order chi connectivity index (χ0) is 14.1. The number of hydrogen-bond donors (Lipinski definition) is 0. The number of amides is 2. The van der Waals surface area contributed by atoms with Gasteiger partial charge in [0.1, 0.15) is 0 Å². The first-order valence-corrected chi connectivity index (χ1v) is 7.25. The molecule has 0 N–H and O–H groups in total. The van der Waals surface area contributed by atoms with Gasteiger partial charge in [-0.05, 0) is 24.3 Å². The predicted octanol–water partition coefficient (Wildman–Crippen LogP) is 1.16. The number of azide groups is 1. The van der Waals surface area contributed by atoms with E-state index in [0.717, 1.165) is 19.4 Å². The molecule has 2 unspecified atom stereocenters. The average molecular weight is 277 g/mol. The monoisotopic (exact) mass is 277 g/mol. The molecule has 1 saturated carbocycles. The number of nitrogens with zero attached hydrogens (tertiary/aromatic N) is 5. The number of likely N-dealkylation sites (tertiary alicyclic amines) is 2. The van der Waals surface area contributed by atoms with Crippen LogP contribution >= 0.6 is 0 Å². The lowest BCUT2D eigenvalue weighted by molar-refractivity contribution is -0.129. The van der Waals surface area contributed by atoms with E-state index in [1.54, 1.807) is 0 Å². The molecule has 2 amide bonds. The predicted molar refractivity (Wildman–Crippen MR) is 71.5 cm³/mol. The van der Waals surface area contributed by atoms with Crippen molar-refractivity contribution in [3.05, 3.63) is 10.4 Å². The Hall–Kier alpha value is -1.75. The second-order valence-corrected chi connectivity index (χ2v) is 6.13. The van der Waals surface area contributed by atoms with Crippen LogP contribution in [0.15, 0.2) is 5.11 Å². The highest BCUT2D eigenvalue weighted by molar-refractivity contribution is 5.80. The fourth-order valence-corrected chi connectivity index (χ4v) is 3.29. The highest BCUT2D eigenvalue weighted by atomic mass is 16.2. The summed E-state index contributed by atoms with van der Waals surface area (Å²) in [4.78, 5) is 30.4. The van der Waals surface area contributed by atoms with Gasteiger partial charge in [0.25, 0.3) is 0 Å². The first-order valence-electron chi connectivity index (χ1n) is 7.25. The molecule has 2 heterocycles. The van der Waals surface area contributed by atoms with Crippen molar-refractivity contribution in [2.45, 2.75) is 31.7 Å². The minimum absolute atomic E-state index is 0.125. The molecule has 0 aromatic rings. The molecule has 1 aliphatic carbocycles. The molecule has 0 aromatic heterocycles. The van der Waals surface area contributed by atoms with Crippen molar-refractivity contribution in [2.24, 2.45) is 17.0 Å². The third-order valence-corrected chi connectivity index (χ3v) is 4.40. The quantitative estimate of drug-likeness (QED) is 0.428. The maximum atomic E-state index is 11.9. The molecule has 20 heavy (non-hydrogen) atoms. The third kappa shape index (κ3) is 2.72. The van der Waals surface area contributed by atoms with E-state index in [2.05, 4.69) is 10.0 Å². The maximum Gasteiger partial charge on any atom is 0.223 e. The fourth-order valence-electron chi connectivity index (χ4n) is 3.29. The Labute approximate surface area is 117 Å². The van der Waals surface area contributed by atoms with Crippen LogP contribution in [0.1, 0.15) is 25.7 Å². The van der Waals surface area contributed by atoms with Gasteiger partial charge in [-0.2, -0.15) is 0 Å². The number of carbonyl (C=O) groups excluding carboxylic acids is 2. The van der Waals surface area contributed by atoms with Crippen LogP contribution in [0.5, 0.6) is 0 Å². The lowest BCUT2D eigenvalue weighted by atomic mass is 10.1. The van der Waals surface area contributed by atoms with Crippen LogP contribution in [0, 0.1) is 11.8 Å². The number of hydrogen-bond acceptors (Lipinski definition) is 3. The van der Waals surface area contributed by atoms with Crippen molar-refractivity contribution in [2.75, 3.05) is 26.2 Å². The van der Waals surface area contributed by atoms with E-state index < -0.39 is 0 Å². The Balaban J connectivity index is 1.52. The molecular formula is C13H19N5O2. The van der Waals surface area contributed by atoms with E-state index in [1.807, 2.05) is 9.80 Å². The highest BCUT2D eigenvalue weighted by Gasteiger charge is 2.41. The minimum atomic E-state index is 0.125. The van der Waals surface area contributed by atoms with Gasteiger partial charge in [0.2, 0.25) is 11.8 Å². The van der Waals surface area contributed by atoms with Crippen LogP contribution in [-0.2, 0) is 9.59 Å². The molecule has 0 bridgehead atoms. The van der Waals surface area contributed by atoms with Crippen molar-refractivity contribution < 1.29 is 9.59 Å². The zero-order valence-electron chi connectivity index (χ0n) is 11.4. The number of carbonyl (C=O) groups is 2. The second kappa shape index (κ2) is 5.32. The smallest absolute Gasteiger partial charge is 0.223 e. The van der Waals surface area contributed by atoms with Crippen molar-refractivity contribution in [3.63, 3.8) is 0 Å². The molecule has 0 aromatic carbocycles. The van der Waals surface area contributed by atoms with Crippen molar-refractivity contribution >= 4 is 11.8 Å². The van der Waals surface area contributed by atoms with E-state index in [0.29, 0.717) is 38.5 Å². The molecular weight excluding hydrogens is 258 g/mol. The molecule has 3 rings (SSSR count). The molecule has 108 valence electrons. The van der Waals surface area contributed by atoms with Gasteiger partial charge in [-0.25, -0.2) is 0 Å². The van der Waals surface area contributed by atoms with Gasteiger partial charge in [-0.15, -0.1) is 0 Å². The minimum Gasteiger partial charge on any atom is -0.342 e. The van der Waals surface area contributed by atoms with Crippen LogP contribution in [-0.4, -0.2) is 53.8 Å². The summed E-state index contributed by atoms with van der Waals surface area (Å²) >= 11 is 0. The van der Waals surface area contributed by atoms with E-state index in [4.69, 9.17) is 5.53 Å². The first kappa shape index (κ1) is 13.2. The summed E-state index contributed by atoms with van der Waals surface area (Å²) < 4.78 is 0. The van der Waals surface area contributed by atoms with Crippen molar-refractivity contribution in [1.82, 2.24) is 9.80 Å². The zero-order valence-corrected chi connectivity index (χ0v) is 11.4. The van der Waals surface area contributed by atoms with Gasteiger partial charge in [0.15, 0.2) is 0 Å². The summed E-state index contributed by atoms with van der Waals surface area (Å²) in [5, 5.41) is 3.55. The van der Waals surface area contributed by atoms with Crippen LogP contribution < -0.4 is 0 Å². The lowest BCUT2D eigenvalue weighted by Crippen LogP contribution is -2.33. The van der Waals surface area contributed by atoms with Crippen LogP contribution in [0.3, 0.4) is 0 Å². The summed E-state index contributed by atoms with van der Waals surface area (Å²) in [5.41, 5.74) is 8.32. The maximum absolute atomic E-state index is 11.9. The van der Waals surface area contributed by atoms with Gasteiger partial charge in [0, 0.05) is 55.9 Å². The third-order valence-electron chi connectivity index (χ3n) is 4.40. The standard InChI is InChI=1S/C13H19N5O2/c14-16-15-5-9-3-12(19)17(6-9)7-10-4-13(20)18(8-10)11-1-2-11/h9-11H,1-8H2. The van der Waals surface area contributed by atoms with E-state index in [1.165, 1.54) is 0 Å². The largest absolute Gasteiger partial charge is 0.342 e. The summed E-state index contributed by atoms with van der Waals surface area (Å²) in [7, 11) is 0. The Morgan fingerprint density at radius 3 is 2.60 bits per heavy atom. The average Bonchev–Trinajstić information content (AvgIpc) is 3.11. The summed E-state index contributed by atoms with van der Waals surface area (Å²) in [6, 6.07) is 0.472. The molecule has 0 spiro atoms.